The zero-order valence-electron chi connectivity index (χ0n) is 24.5. The standard InChI is InChI=1S/C35H42N2O5/c1-2-3-4-7-26-10-12-27(13-11-26)23-36-34(40)29-17-14-28(15-18-29)24-37(33(39)21-16-25-8-5-6-9-25)30-19-20-31(35(41)42)32(38)22-30/h10-15,17-20,22,25,38H,2-9,16,21,23-24H2,1H3,(H,36,40)(H,41,42). The van der Waals surface area contributed by atoms with E-state index in [1.54, 1.807) is 23.1 Å². The summed E-state index contributed by atoms with van der Waals surface area (Å²) in [6.07, 6.45) is 10.6. The maximum absolute atomic E-state index is 13.4. The van der Waals surface area contributed by atoms with Gasteiger partial charge in [0.25, 0.3) is 5.91 Å². The molecular weight excluding hydrogens is 528 g/mol. The van der Waals surface area contributed by atoms with Crippen LogP contribution in [0.25, 0.3) is 0 Å². The van der Waals surface area contributed by atoms with Gasteiger partial charge in [0.15, 0.2) is 0 Å². The van der Waals surface area contributed by atoms with Gasteiger partial charge in [0.2, 0.25) is 5.91 Å². The Bertz CT molecular complexity index is 1340. The summed E-state index contributed by atoms with van der Waals surface area (Å²) in [7, 11) is 0. The van der Waals surface area contributed by atoms with Crippen molar-refractivity contribution in [2.45, 2.75) is 84.2 Å². The summed E-state index contributed by atoms with van der Waals surface area (Å²) in [4.78, 5) is 39.1. The summed E-state index contributed by atoms with van der Waals surface area (Å²) in [6.45, 7) is 2.88. The number of carbonyl (C=O) groups is 3. The first-order valence-corrected chi connectivity index (χ1v) is 15.2. The number of hydrogen-bond donors (Lipinski definition) is 3. The number of carboxylic acid groups (broad SMARTS) is 1. The van der Waals surface area contributed by atoms with Gasteiger partial charge < -0.3 is 20.4 Å². The molecule has 4 rings (SSSR count). The van der Waals surface area contributed by atoms with E-state index < -0.39 is 5.97 Å². The molecule has 1 aliphatic carbocycles. The van der Waals surface area contributed by atoms with E-state index in [1.165, 1.54) is 49.8 Å². The summed E-state index contributed by atoms with van der Waals surface area (Å²) in [6, 6.07) is 19.7. The van der Waals surface area contributed by atoms with Crippen LogP contribution < -0.4 is 10.2 Å². The lowest BCUT2D eigenvalue weighted by Gasteiger charge is -2.24. The largest absolute Gasteiger partial charge is 0.507 e. The second-order valence-corrected chi connectivity index (χ2v) is 11.3. The van der Waals surface area contributed by atoms with Crippen LogP contribution in [0.2, 0.25) is 0 Å². The molecule has 3 aromatic carbocycles. The van der Waals surface area contributed by atoms with Crippen LogP contribution in [0.3, 0.4) is 0 Å². The van der Waals surface area contributed by atoms with Gasteiger partial charge in [0.05, 0.1) is 6.54 Å². The van der Waals surface area contributed by atoms with Crippen molar-refractivity contribution in [1.29, 1.82) is 0 Å². The summed E-state index contributed by atoms with van der Waals surface area (Å²) in [5.41, 5.74) is 3.93. The molecule has 1 fully saturated rings. The van der Waals surface area contributed by atoms with Crippen molar-refractivity contribution in [1.82, 2.24) is 5.32 Å². The molecule has 1 saturated carbocycles. The third-order valence-corrected chi connectivity index (χ3v) is 8.17. The van der Waals surface area contributed by atoms with Crippen molar-refractivity contribution in [2.75, 3.05) is 4.90 Å². The smallest absolute Gasteiger partial charge is 0.339 e. The maximum atomic E-state index is 13.4. The number of hydrogen-bond acceptors (Lipinski definition) is 4. The fourth-order valence-corrected chi connectivity index (χ4v) is 5.59. The molecule has 0 saturated heterocycles. The third-order valence-electron chi connectivity index (χ3n) is 8.17. The number of carboxylic acids is 1. The lowest BCUT2D eigenvalue weighted by molar-refractivity contribution is -0.119. The molecule has 7 heteroatoms. The Morgan fingerprint density at radius 2 is 1.55 bits per heavy atom. The van der Waals surface area contributed by atoms with Crippen molar-refractivity contribution in [2.24, 2.45) is 5.92 Å². The Labute approximate surface area is 248 Å². The van der Waals surface area contributed by atoms with E-state index in [0.29, 0.717) is 30.1 Å². The minimum absolute atomic E-state index is 0.0809. The first kappa shape index (κ1) is 30.8. The molecule has 0 aliphatic heterocycles. The number of nitrogens with zero attached hydrogens (tertiary/aromatic N) is 1. The van der Waals surface area contributed by atoms with Gasteiger partial charge in [-0.25, -0.2) is 4.79 Å². The highest BCUT2D eigenvalue weighted by Gasteiger charge is 2.22. The van der Waals surface area contributed by atoms with Crippen LogP contribution in [0.15, 0.2) is 66.7 Å². The highest BCUT2D eigenvalue weighted by atomic mass is 16.4. The van der Waals surface area contributed by atoms with E-state index in [1.807, 2.05) is 12.1 Å². The van der Waals surface area contributed by atoms with E-state index in [2.05, 4.69) is 36.5 Å². The van der Waals surface area contributed by atoms with Gasteiger partial charge in [0.1, 0.15) is 11.3 Å². The lowest BCUT2D eigenvalue weighted by Crippen LogP contribution is -2.30. The quantitative estimate of drug-likeness (QED) is 0.177. The third kappa shape index (κ3) is 8.68. The van der Waals surface area contributed by atoms with Crippen molar-refractivity contribution in [3.05, 3.63) is 94.5 Å². The van der Waals surface area contributed by atoms with Crippen LogP contribution in [-0.2, 0) is 24.3 Å². The summed E-state index contributed by atoms with van der Waals surface area (Å²) < 4.78 is 0. The normalized spacial score (nSPS) is 13.2. The minimum Gasteiger partial charge on any atom is -0.507 e. The number of amides is 2. The Morgan fingerprint density at radius 1 is 0.881 bits per heavy atom. The molecule has 0 radical (unpaired) electrons. The van der Waals surface area contributed by atoms with Crippen molar-refractivity contribution >= 4 is 23.5 Å². The molecule has 0 bridgehead atoms. The first-order valence-electron chi connectivity index (χ1n) is 15.2. The van der Waals surface area contributed by atoms with Crippen LogP contribution >= 0.6 is 0 Å². The molecule has 0 atom stereocenters. The number of nitrogens with one attached hydrogen (secondary N) is 1. The highest BCUT2D eigenvalue weighted by molar-refractivity contribution is 5.96. The van der Waals surface area contributed by atoms with Crippen LogP contribution in [0, 0.1) is 5.92 Å². The number of rotatable bonds is 14. The fraction of sp³-hybridized carbons (Fsp3) is 0.400. The zero-order chi connectivity index (χ0) is 29.9. The maximum Gasteiger partial charge on any atom is 0.339 e. The Morgan fingerprint density at radius 3 is 2.19 bits per heavy atom. The monoisotopic (exact) mass is 570 g/mol. The summed E-state index contributed by atoms with van der Waals surface area (Å²) in [5, 5.41) is 22.6. The SMILES string of the molecule is CCCCCc1ccc(CNC(=O)c2ccc(CN(C(=O)CCC3CCCC3)c3ccc(C(=O)O)c(O)c3)cc2)cc1. The van der Waals surface area contributed by atoms with Gasteiger partial charge in [-0.3, -0.25) is 9.59 Å². The molecule has 1 aliphatic rings. The molecule has 2 amide bonds. The van der Waals surface area contributed by atoms with Crippen LogP contribution in [0.4, 0.5) is 5.69 Å². The molecule has 222 valence electrons. The van der Waals surface area contributed by atoms with Crippen LogP contribution in [0.1, 0.15) is 102 Å². The lowest BCUT2D eigenvalue weighted by atomic mass is 10.0. The van der Waals surface area contributed by atoms with Gasteiger partial charge >= 0.3 is 5.97 Å². The number of phenols is 1. The average Bonchev–Trinajstić information content (AvgIpc) is 3.52. The molecule has 0 aromatic heterocycles. The van der Waals surface area contributed by atoms with Gasteiger partial charge in [0, 0.05) is 30.3 Å². The molecule has 3 N–H and O–H groups in total. The van der Waals surface area contributed by atoms with E-state index >= 15 is 0 Å². The predicted molar refractivity (Wildman–Crippen MR) is 165 cm³/mol. The predicted octanol–water partition coefficient (Wildman–Crippen LogP) is 7.26. The van der Waals surface area contributed by atoms with Crippen molar-refractivity contribution in [3.8, 4) is 5.75 Å². The van der Waals surface area contributed by atoms with E-state index in [9.17, 15) is 24.6 Å². The van der Waals surface area contributed by atoms with Crippen molar-refractivity contribution in [3.63, 3.8) is 0 Å². The minimum atomic E-state index is -1.23. The number of anilines is 1. The summed E-state index contributed by atoms with van der Waals surface area (Å²) >= 11 is 0. The second kappa shape index (κ2) is 15.2. The number of benzene rings is 3. The number of carbonyl (C=O) groups excluding carboxylic acids is 2. The molecule has 0 spiro atoms. The van der Waals surface area contributed by atoms with Gasteiger partial charge in [-0.1, -0.05) is 81.8 Å². The molecule has 42 heavy (non-hydrogen) atoms. The van der Waals surface area contributed by atoms with E-state index in [4.69, 9.17) is 0 Å². The number of aromatic hydroxyl groups is 1. The fourth-order valence-electron chi connectivity index (χ4n) is 5.59. The average molecular weight is 571 g/mol. The van der Waals surface area contributed by atoms with E-state index in [0.717, 1.165) is 36.8 Å². The molecule has 0 heterocycles. The molecule has 7 nitrogen and oxygen atoms in total. The van der Waals surface area contributed by atoms with Gasteiger partial charge in [-0.05, 0) is 66.1 Å². The molecule has 3 aromatic rings. The van der Waals surface area contributed by atoms with Gasteiger partial charge in [-0.15, -0.1) is 0 Å². The highest BCUT2D eigenvalue weighted by Crippen LogP contribution is 2.31. The Hall–Kier alpha value is -4.13. The van der Waals surface area contributed by atoms with Gasteiger partial charge in [-0.2, -0.15) is 0 Å². The zero-order valence-corrected chi connectivity index (χ0v) is 24.5. The summed E-state index contributed by atoms with van der Waals surface area (Å²) in [5.74, 6) is -1.31. The second-order valence-electron chi connectivity index (χ2n) is 11.3. The number of aromatic carboxylic acids is 1. The van der Waals surface area contributed by atoms with Crippen LogP contribution in [0.5, 0.6) is 5.75 Å². The number of unbranched alkanes of at least 4 members (excludes halogenated alkanes) is 2. The molecule has 0 unspecified atom stereocenters. The topological polar surface area (TPSA) is 107 Å². The van der Waals surface area contributed by atoms with Crippen molar-refractivity contribution < 1.29 is 24.6 Å². The molecular formula is C35H42N2O5. The number of aryl methyl sites for hydroxylation is 1. The van der Waals surface area contributed by atoms with E-state index in [-0.39, 0.29) is 29.7 Å². The Balaban J connectivity index is 1.39. The Kier molecular flexibility index (Phi) is 11.2. The first-order chi connectivity index (χ1) is 20.3. The van der Waals surface area contributed by atoms with Crippen LogP contribution in [-0.4, -0.2) is 28.0 Å².